The van der Waals surface area contributed by atoms with Gasteiger partial charge in [0.1, 0.15) is 17.3 Å². The standard InChI is InChI=1S/C22H22F2N6O/c1-13-11-30(14(2)10-29(13)12-15-4-6-17(23)18(24)8-15)21-20-19(28(3)22(31)27-21)7-5-16(9-25)26-20/h4-8,13-14H,10-12H2,1-3H3/t13-,14-/m0/s1. The lowest BCUT2D eigenvalue weighted by atomic mass is 10.1. The lowest BCUT2D eigenvalue weighted by Gasteiger charge is -2.44. The second-order valence-corrected chi connectivity index (χ2v) is 7.98. The fraction of sp³-hybridized carbons (Fsp3) is 0.364. The molecule has 0 radical (unpaired) electrons. The molecule has 1 aliphatic heterocycles. The van der Waals surface area contributed by atoms with Gasteiger partial charge in [0.2, 0.25) is 0 Å². The van der Waals surface area contributed by atoms with Crippen LogP contribution in [0.15, 0.2) is 35.1 Å². The van der Waals surface area contributed by atoms with Crippen LogP contribution >= 0.6 is 0 Å². The first-order valence-electron chi connectivity index (χ1n) is 10.0. The van der Waals surface area contributed by atoms with Crippen molar-refractivity contribution in [2.45, 2.75) is 32.5 Å². The topological polar surface area (TPSA) is 78.0 Å². The molecule has 0 saturated carbocycles. The van der Waals surface area contributed by atoms with Crippen LogP contribution in [0.2, 0.25) is 0 Å². The average molecular weight is 424 g/mol. The number of nitriles is 1. The predicted molar refractivity (Wildman–Crippen MR) is 113 cm³/mol. The molecule has 9 heteroatoms. The first-order chi connectivity index (χ1) is 14.8. The van der Waals surface area contributed by atoms with Gasteiger partial charge in [-0.05, 0) is 43.7 Å². The van der Waals surface area contributed by atoms with Crippen molar-refractivity contribution in [1.82, 2.24) is 19.4 Å². The summed E-state index contributed by atoms with van der Waals surface area (Å²) < 4.78 is 28.3. The van der Waals surface area contributed by atoms with Crippen LogP contribution in [-0.4, -0.2) is 44.6 Å². The number of hydrogen-bond acceptors (Lipinski definition) is 6. The number of nitrogens with zero attached hydrogens (tertiary/aromatic N) is 6. The minimum Gasteiger partial charge on any atom is -0.349 e. The zero-order valence-electron chi connectivity index (χ0n) is 17.5. The van der Waals surface area contributed by atoms with Crippen LogP contribution < -0.4 is 10.6 Å². The van der Waals surface area contributed by atoms with Crippen molar-refractivity contribution >= 4 is 16.9 Å². The number of halogens is 2. The summed E-state index contributed by atoms with van der Waals surface area (Å²) in [4.78, 5) is 25.4. The minimum absolute atomic E-state index is 0.0168. The van der Waals surface area contributed by atoms with Crippen molar-refractivity contribution in [2.24, 2.45) is 7.05 Å². The zero-order chi connectivity index (χ0) is 22.3. The molecule has 1 fully saturated rings. The molecule has 0 N–H and O–H groups in total. The lowest BCUT2D eigenvalue weighted by Crippen LogP contribution is -2.56. The first kappa shape index (κ1) is 20.9. The molecular weight excluding hydrogens is 402 g/mol. The molecule has 1 aromatic carbocycles. The highest BCUT2D eigenvalue weighted by Crippen LogP contribution is 2.27. The monoisotopic (exact) mass is 424 g/mol. The number of fused-ring (bicyclic) bond motifs is 1. The number of aryl methyl sites for hydroxylation is 1. The number of piperazine rings is 1. The molecule has 0 aliphatic carbocycles. The van der Waals surface area contributed by atoms with Crippen LogP contribution in [-0.2, 0) is 13.6 Å². The Hall–Kier alpha value is -3.38. The Labute approximate surface area is 178 Å². The molecule has 3 aromatic rings. The Bertz CT molecular complexity index is 1250. The van der Waals surface area contributed by atoms with Crippen LogP contribution in [0.3, 0.4) is 0 Å². The molecule has 31 heavy (non-hydrogen) atoms. The molecule has 4 rings (SSSR count). The van der Waals surface area contributed by atoms with Crippen LogP contribution in [0.5, 0.6) is 0 Å². The van der Waals surface area contributed by atoms with E-state index in [1.165, 1.54) is 10.6 Å². The maximum Gasteiger partial charge on any atom is 0.349 e. The van der Waals surface area contributed by atoms with Gasteiger partial charge in [0.05, 0.1) is 5.52 Å². The summed E-state index contributed by atoms with van der Waals surface area (Å²) in [5.41, 5.74) is 1.68. The Morgan fingerprint density at radius 1 is 1.10 bits per heavy atom. The fourth-order valence-electron chi connectivity index (χ4n) is 4.06. The van der Waals surface area contributed by atoms with E-state index in [-0.39, 0.29) is 17.8 Å². The van der Waals surface area contributed by atoms with Crippen molar-refractivity contribution in [1.29, 1.82) is 5.26 Å². The second kappa shape index (κ2) is 8.04. The number of anilines is 1. The normalized spacial score (nSPS) is 19.5. The molecule has 160 valence electrons. The fourth-order valence-corrected chi connectivity index (χ4v) is 4.06. The van der Waals surface area contributed by atoms with E-state index in [1.54, 1.807) is 25.2 Å². The van der Waals surface area contributed by atoms with Gasteiger partial charge in [-0.3, -0.25) is 9.47 Å². The van der Waals surface area contributed by atoms with Crippen molar-refractivity contribution in [3.05, 3.63) is 63.7 Å². The Morgan fingerprint density at radius 3 is 2.58 bits per heavy atom. The molecule has 7 nitrogen and oxygen atoms in total. The Morgan fingerprint density at radius 2 is 1.87 bits per heavy atom. The summed E-state index contributed by atoms with van der Waals surface area (Å²) in [5, 5.41) is 9.26. The molecule has 0 spiro atoms. The zero-order valence-corrected chi connectivity index (χ0v) is 17.5. The molecule has 0 amide bonds. The summed E-state index contributed by atoms with van der Waals surface area (Å²) in [6.45, 7) is 5.74. The highest BCUT2D eigenvalue weighted by atomic mass is 19.2. The smallest absolute Gasteiger partial charge is 0.349 e. The van der Waals surface area contributed by atoms with Crippen LogP contribution in [0.1, 0.15) is 25.1 Å². The summed E-state index contributed by atoms with van der Waals surface area (Å²) in [5.74, 6) is -1.25. The molecule has 1 saturated heterocycles. The van der Waals surface area contributed by atoms with Gasteiger partial charge >= 0.3 is 5.69 Å². The van der Waals surface area contributed by atoms with E-state index >= 15 is 0 Å². The highest BCUT2D eigenvalue weighted by molar-refractivity contribution is 5.86. The van der Waals surface area contributed by atoms with E-state index in [2.05, 4.69) is 14.9 Å². The third-order valence-corrected chi connectivity index (χ3v) is 5.81. The largest absolute Gasteiger partial charge is 0.349 e. The summed E-state index contributed by atoms with van der Waals surface area (Å²) in [6.07, 6.45) is 0. The van der Waals surface area contributed by atoms with Crippen molar-refractivity contribution in [3.63, 3.8) is 0 Å². The second-order valence-electron chi connectivity index (χ2n) is 7.98. The van der Waals surface area contributed by atoms with E-state index in [0.29, 0.717) is 42.0 Å². The van der Waals surface area contributed by atoms with Crippen LogP contribution in [0.4, 0.5) is 14.6 Å². The van der Waals surface area contributed by atoms with E-state index in [9.17, 15) is 18.8 Å². The molecular formula is C22H22F2N6O. The van der Waals surface area contributed by atoms with Crippen LogP contribution in [0, 0.1) is 23.0 Å². The number of aromatic nitrogens is 3. The van der Waals surface area contributed by atoms with Crippen molar-refractivity contribution < 1.29 is 8.78 Å². The molecule has 2 aromatic heterocycles. The van der Waals surface area contributed by atoms with E-state index < -0.39 is 17.3 Å². The molecule has 0 unspecified atom stereocenters. The Balaban J connectivity index is 1.66. The molecule has 1 aliphatic rings. The predicted octanol–water partition coefficient (Wildman–Crippen LogP) is 2.58. The van der Waals surface area contributed by atoms with E-state index in [4.69, 9.17) is 0 Å². The van der Waals surface area contributed by atoms with Gasteiger partial charge < -0.3 is 4.90 Å². The quantitative estimate of drug-likeness (QED) is 0.643. The van der Waals surface area contributed by atoms with Gasteiger partial charge in [-0.25, -0.2) is 18.6 Å². The molecule has 0 bridgehead atoms. The highest BCUT2D eigenvalue weighted by Gasteiger charge is 2.31. The first-order valence-corrected chi connectivity index (χ1v) is 10.0. The van der Waals surface area contributed by atoms with Gasteiger partial charge in [0.25, 0.3) is 0 Å². The van der Waals surface area contributed by atoms with E-state index in [1.807, 2.05) is 24.8 Å². The maximum atomic E-state index is 13.6. The average Bonchev–Trinajstić information content (AvgIpc) is 2.75. The maximum absolute atomic E-state index is 13.6. The number of hydrogen-bond donors (Lipinski definition) is 0. The van der Waals surface area contributed by atoms with Crippen molar-refractivity contribution in [3.8, 4) is 6.07 Å². The van der Waals surface area contributed by atoms with E-state index in [0.717, 1.165) is 6.07 Å². The number of benzene rings is 1. The SMILES string of the molecule is C[C@H]1CN(c2nc(=O)n(C)c3ccc(C#N)nc23)[C@@H](C)CN1Cc1ccc(F)c(F)c1. The third-order valence-electron chi connectivity index (χ3n) is 5.81. The van der Waals surface area contributed by atoms with Crippen molar-refractivity contribution in [2.75, 3.05) is 18.0 Å². The molecule has 3 heterocycles. The summed E-state index contributed by atoms with van der Waals surface area (Å²) in [6, 6.07) is 9.32. The minimum atomic E-state index is -0.858. The van der Waals surface area contributed by atoms with Gasteiger partial charge in [-0.15, -0.1) is 0 Å². The Kier molecular flexibility index (Phi) is 5.41. The summed E-state index contributed by atoms with van der Waals surface area (Å²) >= 11 is 0. The van der Waals surface area contributed by atoms with Gasteiger partial charge in [-0.1, -0.05) is 6.07 Å². The lowest BCUT2D eigenvalue weighted by molar-refractivity contribution is 0.157. The summed E-state index contributed by atoms with van der Waals surface area (Å²) in [7, 11) is 1.63. The van der Waals surface area contributed by atoms with Crippen LogP contribution in [0.25, 0.3) is 11.0 Å². The number of rotatable bonds is 3. The third kappa shape index (κ3) is 3.86. The molecule has 2 atom stereocenters. The van der Waals surface area contributed by atoms with Gasteiger partial charge in [0.15, 0.2) is 17.5 Å². The van der Waals surface area contributed by atoms with Gasteiger partial charge in [0, 0.05) is 38.8 Å². The van der Waals surface area contributed by atoms with Gasteiger partial charge in [-0.2, -0.15) is 10.2 Å². The number of pyridine rings is 1.